The first-order valence-corrected chi connectivity index (χ1v) is 6.82. The summed E-state index contributed by atoms with van der Waals surface area (Å²) < 4.78 is 5.44. The Morgan fingerprint density at radius 1 is 1.21 bits per heavy atom. The predicted molar refractivity (Wildman–Crippen MR) is 79.8 cm³/mol. The second kappa shape index (κ2) is 6.40. The minimum Gasteiger partial charge on any atom is -0.496 e. The molecule has 1 aromatic rings. The highest BCUT2D eigenvalue weighted by atomic mass is 16.5. The van der Waals surface area contributed by atoms with E-state index in [4.69, 9.17) is 9.84 Å². The van der Waals surface area contributed by atoms with Crippen LogP contribution in [0.25, 0.3) is 0 Å². The number of hydrogen-bond acceptors (Lipinski definition) is 3. The zero-order valence-corrected chi connectivity index (χ0v) is 13.1. The molecule has 0 aliphatic rings. The summed E-state index contributed by atoms with van der Waals surface area (Å²) in [7, 11) is 1.72. The summed E-state index contributed by atoms with van der Waals surface area (Å²) in [6, 6.07) is 2.18. The molecule has 0 unspecified atom stereocenters. The highest BCUT2D eigenvalue weighted by molar-refractivity contribution is 5.48. The van der Waals surface area contributed by atoms with E-state index in [0.29, 0.717) is 0 Å². The Kier molecular flexibility index (Phi) is 5.39. The number of nitrogens with one attached hydrogen (secondary N) is 1. The van der Waals surface area contributed by atoms with Crippen LogP contribution >= 0.6 is 0 Å². The number of benzene rings is 1. The summed E-state index contributed by atoms with van der Waals surface area (Å²) >= 11 is 0. The van der Waals surface area contributed by atoms with Gasteiger partial charge in [-0.3, -0.25) is 0 Å². The highest BCUT2D eigenvalue weighted by Crippen LogP contribution is 2.28. The van der Waals surface area contributed by atoms with Crippen LogP contribution in [0.15, 0.2) is 6.07 Å². The van der Waals surface area contributed by atoms with Gasteiger partial charge in [-0.1, -0.05) is 6.07 Å². The van der Waals surface area contributed by atoms with E-state index in [0.717, 1.165) is 18.7 Å². The molecule has 0 saturated carbocycles. The van der Waals surface area contributed by atoms with Gasteiger partial charge in [0.25, 0.3) is 0 Å². The van der Waals surface area contributed by atoms with Crippen molar-refractivity contribution in [3.05, 3.63) is 28.3 Å². The molecule has 0 aromatic heterocycles. The lowest BCUT2D eigenvalue weighted by Crippen LogP contribution is -2.39. The molecular formula is C16H27NO2. The van der Waals surface area contributed by atoms with Crippen molar-refractivity contribution in [3.8, 4) is 5.75 Å². The molecule has 0 radical (unpaired) electrons. The van der Waals surface area contributed by atoms with Gasteiger partial charge >= 0.3 is 0 Å². The molecule has 19 heavy (non-hydrogen) atoms. The van der Waals surface area contributed by atoms with E-state index in [1.165, 1.54) is 22.3 Å². The predicted octanol–water partition coefficient (Wildman–Crippen LogP) is 2.87. The lowest BCUT2D eigenvalue weighted by atomic mass is 9.96. The van der Waals surface area contributed by atoms with E-state index >= 15 is 0 Å². The summed E-state index contributed by atoms with van der Waals surface area (Å²) in [6.45, 7) is 11.6. The first kappa shape index (κ1) is 16.0. The van der Waals surface area contributed by atoms with Crippen LogP contribution in [-0.4, -0.2) is 24.4 Å². The Morgan fingerprint density at radius 3 is 2.37 bits per heavy atom. The number of ether oxygens (including phenoxy) is 1. The molecule has 3 heteroatoms. The molecule has 1 rings (SSSR count). The molecule has 0 bridgehead atoms. The third kappa shape index (κ3) is 3.95. The van der Waals surface area contributed by atoms with Crippen LogP contribution in [0.4, 0.5) is 0 Å². The Morgan fingerprint density at radius 2 is 1.84 bits per heavy atom. The fraction of sp³-hybridized carbons (Fsp3) is 0.625. The highest BCUT2D eigenvalue weighted by Gasteiger charge is 2.17. The lowest BCUT2D eigenvalue weighted by molar-refractivity contribution is 0.230. The molecule has 0 aliphatic heterocycles. The van der Waals surface area contributed by atoms with Crippen molar-refractivity contribution in [1.82, 2.24) is 5.32 Å². The van der Waals surface area contributed by atoms with E-state index in [9.17, 15) is 0 Å². The molecular weight excluding hydrogens is 238 g/mol. The quantitative estimate of drug-likeness (QED) is 0.831. The number of rotatable bonds is 6. The van der Waals surface area contributed by atoms with Gasteiger partial charge in [0, 0.05) is 18.7 Å². The van der Waals surface area contributed by atoms with Gasteiger partial charge in [0.2, 0.25) is 0 Å². The number of aryl methyl sites for hydroxylation is 1. The number of hydrogen-bond donors (Lipinski definition) is 2. The van der Waals surface area contributed by atoms with Gasteiger partial charge in [0.15, 0.2) is 0 Å². The molecule has 0 amide bonds. The maximum absolute atomic E-state index is 9.05. The minimum atomic E-state index is -0.0527. The average molecular weight is 265 g/mol. The Labute approximate surface area is 117 Å². The van der Waals surface area contributed by atoms with Gasteiger partial charge in [0.1, 0.15) is 5.75 Å². The third-order valence-corrected chi connectivity index (χ3v) is 3.83. The first-order chi connectivity index (χ1) is 8.82. The molecule has 0 fully saturated rings. The van der Waals surface area contributed by atoms with Crippen LogP contribution in [0.2, 0.25) is 0 Å². The van der Waals surface area contributed by atoms with Crippen molar-refractivity contribution in [2.24, 2.45) is 0 Å². The van der Waals surface area contributed by atoms with Gasteiger partial charge in [-0.15, -0.1) is 0 Å². The standard InChI is InChI=1S/C16H27NO2/c1-11-9-14(10-17-16(4,5)7-8-18)12(2)13(3)15(11)19-6/h9,17-18H,7-8,10H2,1-6H3. The van der Waals surface area contributed by atoms with Gasteiger partial charge in [-0.05, 0) is 63.3 Å². The van der Waals surface area contributed by atoms with Crippen LogP contribution in [0, 0.1) is 20.8 Å². The Bertz CT molecular complexity index is 439. The summed E-state index contributed by atoms with van der Waals surface area (Å²) in [4.78, 5) is 0. The van der Waals surface area contributed by atoms with E-state index in [2.05, 4.69) is 46.0 Å². The van der Waals surface area contributed by atoms with Crippen molar-refractivity contribution in [1.29, 1.82) is 0 Å². The average Bonchev–Trinajstić information content (AvgIpc) is 2.33. The third-order valence-electron chi connectivity index (χ3n) is 3.83. The smallest absolute Gasteiger partial charge is 0.124 e. The summed E-state index contributed by atoms with van der Waals surface area (Å²) in [5.41, 5.74) is 4.89. The van der Waals surface area contributed by atoms with Gasteiger partial charge < -0.3 is 15.2 Å². The molecule has 0 heterocycles. The largest absolute Gasteiger partial charge is 0.496 e. The summed E-state index contributed by atoms with van der Waals surface area (Å²) in [5, 5.41) is 12.6. The Balaban J connectivity index is 2.91. The number of aliphatic hydroxyl groups is 1. The van der Waals surface area contributed by atoms with E-state index in [1.54, 1.807) is 7.11 Å². The molecule has 3 nitrogen and oxygen atoms in total. The van der Waals surface area contributed by atoms with Crippen LogP contribution in [0.5, 0.6) is 5.75 Å². The summed E-state index contributed by atoms with van der Waals surface area (Å²) in [6.07, 6.45) is 0.750. The molecule has 108 valence electrons. The molecule has 0 spiro atoms. The molecule has 1 aromatic carbocycles. The van der Waals surface area contributed by atoms with E-state index in [-0.39, 0.29) is 12.1 Å². The monoisotopic (exact) mass is 265 g/mol. The van der Waals surface area contributed by atoms with Crippen molar-refractivity contribution in [2.45, 2.75) is 53.1 Å². The van der Waals surface area contributed by atoms with Crippen molar-refractivity contribution < 1.29 is 9.84 Å². The topological polar surface area (TPSA) is 41.5 Å². The normalized spacial score (nSPS) is 11.7. The fourth-order valence-electron chi connectivity index (χ4n) is 2.34. The van der Waals surface area contributed by atoms with Crippen molar-refractivity contribution in [3.63, 3.8) is 0 Å². The molecule has 0 aliphatic carbocycles. The van der Waals surface area contributed by atoms with Gasteiger partial charge in [-0.2, -0.15) is 0 Å². The number of aliphatic hydroxyl groups excluding tert-OH is 1. The van der Waals surface area contributed by atoms with Crippen LogP contribution < -0.4 is 10.1 Å². The van der Waals surface area contributed by atoms with Crippen molar-refractivity contribution >= 4 is 0 Å². The molecule has 2 N–H and O–H groups in total. The fourth-order valence-corrected chi connectivity index (χ4v) is 2.34. The van der Waals surface area contributed by atoms with Crippen LogP contribution in [0.3, 0.4) is 0 Å². The zero-order chi connectivity index (χ0) is 14.6. The van der Waals surface area contributed by atoms with E-state index in [1.807, 2.05) is 0 Å². The van der Waals surface area contributed by atoms with Crippen molar-refractivity contribution in [2.75, 3.05) is 13.7 Å². The van der Waals surface area contributed by atoms with E-state index < -0.39 is 0 Å². The molecule has 0 atom stereocenters. The zero-order valence-electron chi connectivity index (χ0n) is 13.1. The second-order valence-corrected chi connectivity index (χ2v) is 5.85. The lowest BCUT2D eigenvalue weighted by Gasteiger charge is -2.26. The number of methoxy groups -OCH3 is 1. The minimum absolute atomic E-state index is 0.0527. The maximum atomic E-state index is 9.05. The van der Waals surface area contributed by atoms with Gasteiger partial charge in [-0.25, -0.2) is 0 Å². The second-order valence-electron chi connectivity index (χ2n) is 5.85. The molecule has 0 saturated heterocycles. The maximum Gasteiger partial charge on any atom is 0.124 e. The summed E-state index contributed by atoms with van der Waals surface area (Å²) in [5.74, 6) is 0.982. The Hall–Kier alpha value is -1.06. The SMILES string of the molecule is COc1c(C)cc(CNC(C)(C)CCO)c(C)c1C. The van der Waals surface area contributed by atoms with Gasteiger partial charge in [0.05, 0.1) is 7.11 Å². The first-order valence-electron chi connectivity index (χ1n) is 6.82. The van der Waals surface area contributed by atoms with Crippen LogP contribution in [0.1, 0.15) is 42.5 Å². The van der Waals surface area contributed by atoms with Crippen LogP contribution in [-0.2, 0) is 6.54 Å².